The number of anilines is 3. The van der Waals surface area contributed by atoms with Crippen LogP contribution in [0, 0.1) is 6.07 Å². The molecule has 0 saturated carbocycles. The van der Waals surface area contributed by atoms with Crippen molar-refractivity contribution in [1.82, 2.24) is 4.98 Å². The van der Waals surface area contributed by atoms with Crippen LogP contribution in [0.4, 0.5) is 17.1 Å². The van der Waals surface area contributed by atoms with Crippen LogP contribution in [-0.2, 0) is 25.5 Å². The van der Waals surface area contributed by atoms with Gasteiger partial charge in [-0.3, -0.25) is 0 Å². The summed E-state index contributed by atoms with van der Waals surface area (Å²) in [4.78, 5) is 7.12. The molecule has 8 rings (SSSR count). The Hall–Kier alpha value is -4.24. The number of para-hydroxylation sites is 3. The first-order chi connectivity index (χ1) is 19.1. The smallest absolute Gasteiger partial charge is 0.152 e. The molecule has 2 aliphatic heterocycles. The number of hydrogen-bond acceptors (Lipinski definition) is 3. The quantitative estimate of drug-likeness (QED) is 0.169. The summed E-state index contributed by atoms with van der Waals surface area (Å²) >= 11 is 0. The first-order valence-electron chi connectivity index (χ1n) is 13.3. The van der Waals surface area contributed by atoms with Crippen LogP contribution in [-0.4, -0.2) is 4.98 Å². The maximum absolute atomic E-state index is 6.61. The minimum Gasteiger partial charge on any atom is -0.453 e. The summed E-state index contributed by atoms with van der Waals surface area (Å²) in [5.41, 5.74) is 9.91. The van der Waals surface area contributed by atoms with E-state index in [1.165, 1.54) is 22.2 Å². The van der Waals surface area contributed by atoms with Crippen LogP contribution in [0.2, 0.25) is 0 Å². The average Bonchev–Trinajstić information content (AvgIpc) is 2.98. The van der Waals surface area contributed by atoms with Gasteiger partial charge < -0.3 is 14.6 Å². The number of nitrogens with zero attached hydrogens (tertiary/aromatic N) is 2. The molecule has 0 amide bonds. The topological polar surface area (TPSA) is 25.4 Å². The van der Waals surface area contributed by atoms with E-state index >= 15 is 0 Å². The third-order valence-corrected chi connectivity index (χ3v) is 8.18. The van der Waals surface area contributed by atoms with Crippen molar-refractivity contribution in [3.05, 3.63) is 133 Å². The van der Waals surface area contributed by atoms with E-state index in [-0.39, 0.29) is 25.5 Å². The van der Waals surface area contributed by atoms with Crippen molar-refractivity contribution in [2.75, 3.05) is 4.90 Å². The van der Waals surface area contributed by atoms with Gasteiger partial charge in [-0.1, -0.05) is 68.4 Å². The first kappa shape index (κ1) is 24.8. The van der Waals surface area contributed by atoms with Crippen molar-refractivity contribution >= 4 is 27.8 Å². The van der Waals surface area contributed by atoms with Gasteiger partial charge in [-0.15, -0.1) is 35.4 Å². The van der Waals surface area contributed by atoms with E-state index in [0.717, 1.165) is 50.6 Å². The average molecular weight is 694 g/mol. The van der Waals surface area contributed by atoms with Crippen LogP contribution in [0.15, 0.2) is 115 Å². The van der Waals surface area contributed by atoms with Gasteiger partial charge in [0.1, 0.15) is 0 Å². The van der Waals surface area contributed by atoms with Crippen molar-refractivity contribution < 1.29 is 24.8 Å². The van der Waals surface area contributed by atoms with Gasteiger partial charge in [-0.25, -0.2) is 0 Å². The number of ether oxygens (including phenoxy) is 1. The largest absolute Gasteiger partial charge is 0.453 e. The Bertz CT molecular complexity index is 1940. The maximum atomic E-state index is 6.61. The Morgan fingerprint density at radius 1 is 0.725 bits per heavy atom. The molecule has 0 aliphatic carbocycles. The molecule has 1 aromatic heterocycles. The summed E-state index contributed by atoms with van der Waals surface area (Å²) in [5.74, 6) is 1.74. The van der Waals surface area contributed by atoms with Crippen molar-refractivity contribution in [1.29, 1.82) is 0 Å². The van der Waals surface area contributed by atoms with E-state index in [1.807, 2.05) is 18.3 Å². The van der Waals surface area contributed by atoms with Crippen LogP contribution in [0.5, 0.6) is 11.5 Å². The molecule has 0 fully saturated rings. The van der Waals surface area contributed by atoms with Gasteiger partial charge in [0.25, 0.3) is 0 Å². The maximum Gasteiger partial charge on any atom is 0.152 e. The van der Waals surface area contributed by atoms with Gasteiger partial charge in [-0.05, 0) is 69.6 Å². The SMILES string of the molecule is CC1(C)c2ccccc2N2c3ccccc3Oc3cc(-c4cc[c-]c(-c5nccc6ccccc56)c4)cc1c32.[Ir]. The fourth-order valence-electron chi connectivity index (χ4n) is 6.24. The van der Waals surface area contributed by atoms with Crippen molar-refractivity contribution in [3.8, 4) is 33.9 Å². The molecule has 0 spiro atoms. The second kappa shape index (κ2) is 9.16. The van der Waals surface area contributed by atoms with Gasteiger partial charge in [0.05, 0.1) is 17.1 Å². The summed E-state index contributed by atoms with van der Waals surface area (Å²) in [6.07, 6.45) is 1.88. The van der Waals surface area contributed by atoms with E-state index in [1.54, 1.807) is 0 Å². The molecular weight excluding hydrogens is 669 g/mol. The standard InChI is InChI=1S/C36H25N2O.Ir/c1-36(2)28-14-5-6-15-30(28)38-31-16-7-8-17-32(31)39-33-22-26(21-29(36)35(33)38)24-11-9-12-25(20-24)34-27-13-4-3-10-23(27)18-19-37-34;/h3-11,13-22H,1-2H3;/q-1;. The van der Waals surface area contributed by atoms with E-state index in [0.29, 0.717) is 0 Å². The normalized spacial score (nSPS) is 13.9. The number of aromatic nitrogens is 1. The third kappa shape index (κ3) is 3.57. The number of pyridine rings is 1. The Labute approximate surface area is 247 Å². The fraction of sp³-hybridized carbons (Fsp3) is 0.0833. The molecule has 0 bridgehead atoms. The number of fused-ring (bicyclic) bond motifs is 5. The molecule has 2 aliphatic rings. The number of benzene rings is 5. The van der Waals surface area contributed by atoms with E-state index in [9.17, 15) is 0 Å². The van der Waals surface area contributed by atoms with Crippen molar-refractivity contribution in [2.45, 2.75) is 19.3 Å². The van der Waals surface area contributed by atoms with E-state index in [4.69, 9.17) is 9.72 Å². The van der Waals surface area contributed by atoms with Crippen LogP contribution in [0.25, 0.3) is 33.2 Å². The molecule has 0 unspecified atom stereocenters. The van der Waals surface area contributed by atoms with E-state index < -0.39 is 0 Å². The molecular formula is C36H25IrN2O-. The zero-order chi connectivity index (χ0) is 26.1. The molecule has 0 N–H and O–H groups in total. The summed E-state index contributed by atoms with van der Waals surface area (Å²) in [5, 5.41) is 2.30. The molecule has 40 heavy (non-hydrogen) atoms. The molecule has 1 radical (unpaired) electrons. The molecule has 0 atom stereocenters. The van der Waals surface area contributed by atoms with E-state index in [2.05, 4.69) is 122 Å². The predicted octanol–water partition coefficient (Wildman–Crippen LogP) is 9.58. The van der Waals surface area contributed by atoms with Gasteiger partial charge in [0.15, 0.2) is 11.5 Å². The Morgan fingerprint density at radius 2 is 1.50 bits per heavy atom. The second-order valence-corrected chi connectivity index (χ2v) is 10.8. The molecule has 195 valence electrons. The minimum absolute atomic E-state index is 0. The van der Waals surface area contributed by atoms with Gasteiger partial charge in [0, 0.05) is 31.7 Å². The molecule has 4 heteroatoms. The zero-order valence-corrected chi connectivity index (χ0v) is 24.5. The van der Waals surface area contributed by atoms with Crippen molar-refractivity contribution in [3.63, 3.8) is 0 Å². The van der Waals surface area contributed by atoms with Gasteiger partial charge >= 0.3 is 0 Å². The minimum atomic E-state index is -0.205. The molecule has 3 heterocycles. The fourth-order valence-corrected chi connectivity index (χ4v) is 6.24. The zero-order valence-electron chi connectivity index (χ0n) is 22.1. The van der Waals surface area contributed by atoms with Gasteiger partial charge in [-0.2, -0.15) is 0 Å². The molecule has 5 aromatic carbocycles. The van der Waals surface area contributed by atoms with Crippen LogP contribution in [0.3, 0.4) is 0 Å². The summed E-state index contributed by atoms with van der Waals surface area (Å²) < 4.78 is 6.61. The molecule has 6 aromatic rings. The number of rotatable bonds is 2. The van der Waals surface area contributed by atoms with Crippen LogP contribution >= 0.6 is 0 Å². The molecule has 3 nitrogen and oxygen atoms in total. The van der Waals surface area contributed by atoms with Crippen molar-refractivity contribution in [2.24, 2.45) is 0 Å². The van der Waals surface area contributed by atoms with Crippen LogP contribution in [0.1, 0.15) is 25.0 Å². The van der Waals surface area contributed by atoms with Gasteiger partial charge in [0.2, 0.25) is 0 Å². The summed E-state index contributed by atoms with van der Waals surface area (Å²) in [7, 11) is 0. The predicted molar refractivity (Wildman–Crippen MR) is 158 cm³/mol. The Kier molecular flexibility index (Phi) is 5.67. The Balaban J connectivity index is 0.00000264. The summed E-state index contributed by atoms with van der Waals surface area (Å²) in [6.45, 7) is 4.63. The monoisotopic (exact) mass is 694 g/mol. The molecule has 0 saturated heterocycles. The number of hydrogen-bond donors (Lipinski definition) is 0. The first-order valence-corrected chi connectivity index (χ1v) is 13.3. The summed E-state index contributed by atoms with van der Waals surface area (Å²) in [6, 6.07) is 41.7. The second-order valence-electron chi connectivity index (χ2n) is 10.8. The van der Waals surface area contributed by atoms with Crippen LogP contribution < -0.4 is 9.64 Å². The Morgan fingerprint density at radius 3 is 2.40 bits per heavy atom. The third-order valence-electron chi connectivity index (χ3n) is 8.18.